The van der Waals surface area contributed by atoms with E-state index in [1.165, 1.54) is 12.8 Å². The molecule has 2 aromatic heterocycles. The van der Waals surface area contributed by atoms with Crippen LogP contribution < -0.4 is 10.5 Å². The molecule has 5 heteroatoms. The first-order chi connectivity index (χ1) is 10.4. The van der Waals surface area contributed by atoms with Crippen LogP contribution in [0.3, 0.4) is 0 Å². The first-order valence-corrected chi connectivity index (χ1v) is 8.66. The molecule has 2 aromatic rings. The quantitative estimate of drug-likeness (QED) is 0.906. The summed E-state index contributed by atoms with van der Waals surface area (Å²) in [7, 11) is 0. The van der Waals surface area contributed by atoms with Gasteiger partial charge in [0.25, 0.3) is 5.56 Å². The average Bonchev–Trinajstić information content (AvgIpc) is 3.25. The third-order valence-corrected chi connectivity index (χ3v) is 3.78. The van der Waals surface area contributed by atoms with Crippen molar-refractivity contribution in [1.29, 1.82) is 0 Å². The lowest BCUT2D eigenvalue weighted by Crippen LogP contribution is -2.23. The number of anilines is 1. The van der Waals surface area contributed by atoms with Gasteiger partial charge in [-0.3, -0.25) is 4.79 Å². The number of rotatable bonds is 2. The Hall–Kier alpha value is -1.62. The molecule has 1 N–H and O–H groups in total. The summed E-state index contributed by atoms with van der Waals surface area (Å²) >= 11 is 1.60. The van der Waals surface area contributed by atoms with Crippen LogP contribution in [0, 0.1) is 0 Å². The topological polar surface area (TPSA) is 49.0 Å². The highest BCUT2D eigenvalue weighted by atomic mass is 32.1. The summed E-state index contributed by atoms with van der Waals surface area (Å²) in [6.45, 7) is 10.0. The van der Waals surface area contributed by atoms with Crippen molar-refractivity contribution < 1.29 is 0 Å². The molecule has 0 spiro atoms. The molecule has 1 aliphatic rings. The van der Waals surface area contributed by atoms with Crippen LogP contribution in [0.1, 0.15) is 40.5 Å². The van der Waals surface area contributed by atoms with Crippen molar-refractivity contribution >= 4 is 17.0 Å². The SMILES string of the molecule is CC.CC.O=c1[nH]ncc(N2CCCC2)c1-c1ccsc1. The van der Waals surface area contributed by atoms with Gasteiger partial charge in [0.1, 0.15) is 0 Å². The molecule has 0 atom stereocenters. The predicted molar refractivity (Wildman–Crippen MR) is 92.3 cm³/mol. The Morgan fingerprint density at radius 2 is 1.86 bits per heavy atom. The van der Waals surface area contributed by atoms with Crippen LogP contribution in [0.4, 0.5) is 5.69 Å². The zero-order valence-corrected chi connectivity index (χ0v) is 14.2. The highest BCUT2D eigenvalue weighted by Gasteiger charge is 2.19. The number of nitrogens with one attached hydrogen (secondary N) is 1. The van der Waals surface area contributed by atoms with E-state index in [0.717, 1.165) is 29.9 Å². The van der Waals surface area contributed by atoms with E-state index in [1.807, 2.05) is 44.5 Å². The van der Waals surface area contributed by atoms with Gasteiger partial charge in [0.2, 0.25) is 0 Å². The number of thiophene rings is 1. The Balaban J connectivity index is 0.000000510. The minimum absolute atomic E-state index is 0.104. The minimum atomic E-state index is -0.104. The Labute approximate surface area is 130 Å². The van der Waals surface area contributed by atoms with Crippen molar-refractivity contribution in [3.05, 3.63) is 33.4 Å². The van der Waals surface area contributed by atoms with Crippen molar-refractivity contribution in [3.63, 3.8) is 0 Å². The molecule has 0 unspecified atom stereocenters. The molecule has 0 radical (unpaired) electrons. The van der Waals surface area contributed by atoms with Crippen molar-refractivity contribution in [2.75, 3.05) is 18.0 Å². The molecule has 116 valence electrons. The maximum atomic E-state index is 12.0. The zero-order chi connectivity index (χ0) is 15.7. The largest absolute Gasteiger partial charge is 0.370 e. The lowest BCUT2D eigenvalue weighted by Gasteiger charge is -2.19. The van der Waals surface area contributed by atoms with Gasteiger partial charge in [0, 0.05) is 18.7 Å². The van der Waals surface area contributed by atoms with Gasteiger partial charge in [-0.1, -0.05) is 27.7 Å². The average molecular weight is 307 g/mol. The van der Waals surface area contributed by atoms with Gasteiger partial charge in [-0.2, -0.15) is 16.4 Å². The molecule has 1 aliphatic heterocycles. The lowest BCUT2D eigenvalue weighted by atomic mass is 10.1. The number of hydrogen-bond acceptors (Lipinski definition) is 4. The smallest absolute Gasteiger partial charge is 0.274 e. The van der Waals surface area contributed by atoms with Crippen LogP contribution in [0.2, 0.25) is 0 Å². The van der Waals surface area contributed by atoms with E-state index in [1.54, 1.807) is 17.5 Å². The summed E-state index contributed by atoms with van der Waals surface area (Å²) in [4.78, 5) is 14.2. The van der Waals surface area contributed by atoms with Gasteiger partial charge in [-0.15, -0.1) is 0 Å². The van der Waals surface area contributed by atoms with E-state index in [2.05, 4.69) is 15.1 Å². The molecule has 0 aromatic carbocycles. The third-order valence-electron chi connectivity index (χ3n) is 3.09. The van der Waals surface area contributed by atoms with Crippen LogP contribution in [0.5, 0.6) is 0 Å². The van der Waals surface area contributed by atoms with E-state index in [0.29, 0.717) is 0 Å². The number of H-pyrrole nitrogens is 1. The zero-order valence-electron chi connectivity index (χ0n) is 13.3. The van der Waals surface area contributed by atoms with E-state index < -0.39 is 0 Å². The Bertz CT molecular complexity index is 557. The second-order valence-electron chi connectivity index (χ2n) is 4.17. The molecule has 3 heterocycles. The van der Waals surface area contributed by atoms with Crippen molar-refractivity contribution in [2.24, 2.45) is 0 Å². The fourth-order valence-corrected chi connectivity index (χ4v) is 2.92. The first-order valence-electron chi connectivity index (χ1n) is 7.71. The fourth-order valence-electron chi connectivity index (χ4n) is 2.27. The molecule has 0 saturated carbocycles. The van der Waals surface area contributed by atoms with E-state index in [-0.39, 0.29) is 5.56 Å². The van der Waals surface area contributed by atoms with Crippen LogP contribution in [0.15, 0.2) is 27.8 Å². The molecule has 4 nitrogen and oxygen atoms in total. The van der Waals surface area contributed by atoms with Gasteiger partial charge in [0.05, 0.1) is 17.4 Å². The molecule has 3 rings (SSSR count). The van der Waals surface area contributed by atoms with Crippen LogP contribution in [0.25, 0.3) is 11.1 Å². The van der Waals surface area contributed by atoms with Crippen LogP contribution >= 0.6 is 11.3 Å². The maximum Gasteiger partial charge on any atom is 0.274 e. The predicted octanol–water partition coefficient (Wildman–Crippen LogP) is 4.15. The van der Waals surface area contributed by atoms with Gasteiger partial charge in [-0.25, -0.2) is 5.10 Å². The van der Waals surface area contributed by atoms with E-state index in [4.69, 9.17) is 0 Å². The standard InChI is InChI=1S/C12H13N3OS.2C2H6/c16-12-11(9-3-6-17-8-9)10(7-13-14-12)15-4-1-2-5-15;2*1-2/h3,6-8H,1-2,4-5H2,(H,14,16);2*1-2H3. The van der Waals surface area contributed by atoms with Crippen LogP contribution in [-0.4, -0.2) is 23.3 Å². The van der Waals surface area contributed by atoms with Crippen LogP contribution in [-0.2, 0) is 0 Å². The summed E-state index contributed by atoms with van der Waals surface area (Å²) < 4.78 is 0. The molecule has 1 fully saturated rings. The molecule has 0 amide bonds. The summed E-state index contributed by atoms with van der Waals surface area (Å²) in [5.74, 6) is 0. The number of hydrogen-bond donors (Lipinski definition) is 1. The summed E-state index contributed by atoms with van der Waals surface area (Å²) in [6, 6.07) is 1.98. The summed E-state index contributed by atoms with van der Waals surface area (Å²) in [5.41, 5.74) is 2.60. The minimum Gasteiger partial charge on any atom is -0.370 e. The molecule has 21 heavy (non-hydrogen) atoms. The number of aromatic amines is 1. The third kappa shape index (κ3) is 4.17. The normalized spacial score (nSPS) is 13.0. The van der Waals surface area contributed by atoms with Gasteiger partial charge < -0.3 is 4.90 Å². The fraction of sp³-hybridized carbons (Fsp3) is 0.500. The van der Waals surface area contributed by atoms with Gasteiger partial charge >= 0.3 is 0 Å². The highest BCUT2D eigenvalue weighted by molar-refractivity contribution is 7.08. The van der Waals surface area contributed by atoms with Crippen molar-refractivity contribution in [3.8, 4) is 11.1 Å². The molecule has 0 aliphatic carbocycles. The summed E-state index contributed by atoms with van der Waals surface area (Å²) in [5, 5.41) is 10.4. The maximum absolute atomic E-state index is 12.0. The first kappa shape index (κ1) is 17.4. The Kier molecular flexibility index (Phi) is 7.75. The van der Waals surface area contributed by atoms with Gasteiger partial charge in [-0.05, 0) is 29.7 Å². The number of nitrogens with zero attached hydrogens (tertiary/aromatic N) is 2. The second kappa shape index (κ2) is 9.34. The second-order valence-corrected chi connectivity index (χ2v) is 4.95. The summed E-state index contributed by atoms with van der Waals surface area (Å²) in [6.07, 6.45) is 4.14. The molecule has 1 saturated heterocycles. The Morgan fingerprint density at radius 1 is 1.19 bits per heavy atom. The van der Waals surface area contributed by atoms with Crippen molar-refractivity contribution in [2.45, 2.75) is 40.5 Å². The monoisotopic (exact) mass is 307 g/mol. The van der Waals surface area contributed by atoms with E-state index >= 15 is 0 Å². The van der Waals surface area contributed by atoms with Gasteiger partial charge in [0.15, 0.2) is 0 Å². The molecular weight excluding hydrogens is 282 g/mol. The lowest BCUT2D eigenvalue weighted by molar-refractivity contribution is 0.924. The van der Waals surface area contributed by atoms with Crippen molar-refractivity contribution in [1.82, 2.24) is 10.2 Å². The molecular formula is C16H25N3OS. The Morgan fingerprint density at radius 3 is 2.43 bits per heavy atom. The highest BCUT2D eigenvalue weighted by Crippen LogP contribution is 2.30. The number of aromatic nitrogens is 2. The molecule has 0 bridgehead atoms. The van der Waals surface area contributed by atoms with E-state index in [9.17, 15) is 4.79 Å².